The van der Waals surface area contributed by atoms with E-state index >= 15 is 0 Å². The molecule has 1 unspecified atom stereocenters. The van der Waals surface area contributed by atoms with Crippen LogP contribution in [0.1, 0.15) is 35.7 Å². The molecule has 0 radical (unpaired) electrons. The van der Waals surface area contributed by atoms with Gasteiger partial charge in [0.05, 0.1) is 0 Å². The number of fused-ring (bicyclic) bond motifs is 1. The lowest BCUT2D eigenvalue weighted by molar-refractivity contribution is -0.119. The van der Waals surface area contributed by atoms with Gasteiger partial charge in [-0.25, -0.2) is 4.39 Å². The van der Waals surface area contributed by atoms with Gasteiger partial charge in [0.1, 0.15) is 5.82 Å². The summed E-state index contributed by atoms with van der Waals surface area (Å²) in [6, 6.07) is 11.1. The standard InChI is InChI=1S/C20H21FN2O2/c1-13(20(25)14-5-2-6-15(21)12-14)11-19(24)23-10-4-7-16-17(22)8-3-9-18(16)23/h2-3,5-6,8-9,12-13H,4,7,10-11,22H2,1H3. The summed E-state index contributed by atoms with van der Waals surface area (Å²) in [7, 11) is 0. The van der Waals surface area contributed by atoms with E-state index in [-0.39, 0.29) is 18.1 Å². The zero-order valence-electron chi connectivity index (χ0n) is 14.2. The molecule has 1 heterocycles. The van der Waals surface area contributed by atoms with Crippen LogP contribution in [0.3, 0.4) is 0 Å². The number of halogens is 1. The number of nitrogen functional groups attached to an aromatic ring is 1. The van der Waals surface area contributed by atoms with Crippen LogP contribution in [0.25, 0.3) is 0 Å². The van der Waals surface area contributed by atoms with Gasteiger partial charge >= 0.3 is 0 Å². The van der Waals surface area contributed by atoms with Crippen molar-refractivity contribution in [2.45, 2.75) is 26.2 Å². The van der Waals surface area contributed by atoms with E-state index in [1.54, 1.807) is 17.9 Å². The molecule has 25 heavy (non-hydrogen) atoms. The van der Waals surface area contributed by atoms with E-state index in [1.807, 2.05) is 18.2 Å². The average molecular weight is 340 g/mol. The fraction of sp³-hybridized carbons (Fsp3) is 0.300. The zero-order valence-corrected chi connectivity index (χ0v) is 14.2. The first-order chi connectivity index (χ1) is 12.0. The summed E-state index contributed by atoms with van der Waals surface area (Å²) >= 11 is 0. The molecule has 0 saturated heterocycles. The van der Waals surface area contributed by atoms with Crippen molar-refractivity contribution in [3.05, 3.63) is 59.4 Å². The van der Waals surface area contributed by atoms with Crippen LogP contribution in [0.2, 0.25) is 0 Å². The predicted octanol–water partition coefficient (Wildman–Crippen LogP) is 3.60. The third kappa shape index (κ3) is 3.55. The number of hydrogen-bond acceptors (Lipinski definition) is 3. The number of nitrogens with zero attached hydrogens (tertiary/aromatic N) is 1. The van der Waals surface area contributed by atoms with Gasteiger partial charge in [0, 0.05) is 35.8 Å². The second-order valence-electron chi connectivity index (χ2n) is 6.47. The first kappa shape index (κ1) is 17.1. The Labute approximate surface area is 146 Å². The molecule has 1 aliphatic rings. The molecule has 0 fully saturated rings. The van der Waals surface area contributed by atoms with E-state index in [9.17, 15) is 14.0 Å². The van der Waals surface area contributed by atoms with Crippen LogP contribution in [0.15, 0.2) is 42.5 Å². The van der Waals surface area contributed by atoms with Crippen LogP contribution >= 0.6 is 0 Å². The average Bonchev–Trinajstić information content (AvgIpc) is 2.61. The third-order valence-corrected chi connectivity index (χ3v) is 4.63. The molecule has 130 valence electrons. The lowest BCUT2D eigenvalue weighted by Crippen LogP contribution is -2.37. The lowest BCUT2D eigenvalue weighted by Gasteiger charge is -2.31. The molecule has 2 N–H and O–H groups in total. The first-order valence-corrected chi connectivity index (χ1v) is 8.45. The summed E-state index contributed by atoms with van der Waals surface area (Å²) in [5.74, 6) is -1.30. The topological polar surface area (TPSA) is 63.4 Å². The molecule has 0 bridgehead atoms. The van der Waals surface area contributed by atoms with E-state index in [2.05, 4.69) is 0 Å². The van der Waals surface area contributed by atoms with Crippen molar-refractivity contribution in [3.63, 3.8) is 0 Å². The fourth-order valence-electron chi connectivity index (χ4n) is 3.30. The number of carbonyl (C=O) groups excluding carboxylic acids is 2. The summed E-state index contributed by atoms with van der Waals surface area (Å²) < 4.78 is 13.3. The predicted molar refractivity (Wildman–Crippen MR) is 96.0 cm³/mol. The molecule has 1 aliphatic heterocycles. The molecular formula is C20H21FN2O2. The smallest absolute Gasteiger partial charge is 0.227 e. The number of nitrogens with two attached hydrogens (primary N) is 1. The Morgan fingerprint density at radius 3 is 2.76 bits per heavy atom. The summed E-state index contributed by atoms with van der Waals surface area (Å²) in [5.41, 5.74) is 8.83. The Kier molecular flexibility index (Phi) is 4.83. The molecule has 4 nitrogen and oxygen atoms in total. The van der Waals surface area contributed by atoms with Crippen molar-refractivity contribution in [1.29, 1.82) is 0 Å². The quantitative estimate of drug-likeness (QED) is 0.683. The molecule has 0 aromatic heterocycles. The molecule has 2 aromatic rings. The Hall–Kier alpha value is -2.69. The van der Waals surface area contributed by atoms with Crippen molar-refractivity contribution >= 4 is 23.1 Å². The number of carbonyl (C=O) groups is 2. The largest absolute Gasteiger partial charge is 0.398 e. The number of benzene rings is 2. The molecule has 1 amide bonds. The van der Waals surface area contributed by atoms with E-state index in [1.165, 1.54) is 18.2 Å². The van der Waals surface area contributed by atoms with Crippen molar-refractivity contribution in [1.82, 2.24) is 0 Å². The highest BCUT2D eigenvalue weighted by molar-refractivity contribution is 6.02. The van der Waals surface area contributed by atoms with E-state index in [0.717, 1.165) is 24.1 Å². The Balaban J connectivity index is 1.75. The SMILES string of the molecule is CC(CC(=O)N1CCCc2c(N)cccc21)C(=O)c1cccc(F)c1. The van der Waals surface area contributed by atoms with Gasteiger partial charge in [0.15, 0.2) is 5.78 Å². The Morgan fingerprint density at radius 2 is 2.00 bits per heavy atom. The number of ketones is 1. The maximum Gasteiger partial charge on any atom is 0.227 e. The minimum absolute atomic E-state index is 0.0869. The van der Waals surface area contributed by atoms with Gasteiger partial charge in [-0.05, 0) is 42.7 Å². The van der Waals surface area contributed by atoms with Gasteiger partial charge in [0.2, 0.25) is 5.91 Å². The molecule has 3 rings (SSSR count). The number of Topliss-reactive ketones (excluding diaryl/α,β-unsaturated/α-hetero) is 1. The minimum Gasteiger partial charge on any atom is -0.398 e. The molecule has 0 saturated carbocycles. The van der Waals surface area contributed by atoms with Crippen LogP contribution in [0, 0.1) is 11.7 Å². The molecule has 0 aliphatic carbocycles. The fourth-order valence-corrected chi connectivity index (χ4v) is 3.30. The van der Waals surface area contributed by atoms with Crippen LogP contribution in [-0.2, 0) is 11.2 Å². The summed E-state index contributed by atoms with van der Waals surface area (Å²) in [5, 5.41) is 0. The monoisotopic (exact) mass is 340 g/mol. The van der Waals surface area contributed by atoms with Crippen molar-refractivity contribution in [2.24, 2.45) is 5.92 Å². The highest BCUT2D eigenvalue weighted by atomic mass is 19.1. The maximum atomic E-state index is 13.3. The van der Waals surface area contributed by atoms with Gasteiger partial charge in [-0.3, -0.25) is 9.59 Å². The lowest BCUT2D eigenvalue weighted by atomic mass is 9.94. The number of amides is 1. The van der Waals surface area contributed by atoms with Crippen LogP contribution in [0.5, 0.6) is 0 Å². The van der Waals surface area contributed by atoms with Crippen LogP contribution < -0.4 is 10.6 Å². The highest BCUT2D eigenvalue weighted by Crippen LogP contribution is 2.32. The zero-order chi connectivity index (χ0) is 18.0. The second-order valence-corrected chi connectivity index (χ2v) is 6.47. The normalized spacial score (nSPS) is 14.7. The molecular weight excluding hydrogens is 319 g/mol. The third-order valence-electron chi connectivity index (χ3n) is 4.63. The first-order valence-electron chi connectivity index (χ1n) is 8.45. The highest BCUT2D eigenvalue weighted by Gasteiger charge is 2.27. The van der Waals surface area contributed by atoms with E-state index in [4.69, 9.17) is 5.73 Å². The van der Waals surface area contributed by atoms with Crippen molar-refractivity contribution in [3.8, 4) is 0 Å². The molecule has 0 spiro atoms. The summed E-state index contributed by atoms with van der Waals surface area (Å²) in [6.07, 6.45) is 1.78. The van der Waals surface area contributed by atoms with Crippen molar-refractivity contribution < 1.29 is 14.0 Å². The van der Waals surface area contributed by atoms with Crippen LogP contribution in [-0.4, -0.2) is 18.2 Å². The van der Waals surface area contributed by atoms with Crippen LogP contribution in [0.4, 0.5) is 15.8 Å². The molecule has 5 heteroatoms. The number of rotatable bonds is 4. The maximum absolute atomic E-state index is 13.3. The minimum atomic E-state index is -0.513. The molecule has 1 atom stereocenters. The van der Waals surface area contributed by atoms with Gasteiger partial charge in [-0.15, -0.1) is 0 Å². The Bertz CT molecular complexity index is 819. The van der Waals surface area contributed by atoms with Gasteiger partial charge in [0.25, 0.3) is 0 Å². The molecule has 2 aromatic carbocycles. The van der Waals surface area contributed by atoms with Gasteiger partial charge in [-0.1, -0.05) is 25.1 Å². The van der Waals surface area contributed by atoms with Gasteiger partial charge in [-0.2, -0.15) is 0 Å². The van der Waals surface area contributed by atoms with E-state index < -0.39 is 11.7 Å². The number of hydrogen-bond donors (Lipinski definition) is 1. The summed E-state index contributed by atoms with van der Waals surface area (Å²) in [6.45, 7) is 2.32. The van der Waals surface area contributed by atoms with Gasteiger partial charge < -0.3 is 10.6 Å². The summed E-state index contributed by atoms with van der Waals surface area (Å²) in [4.78, 5) is 26.9. The van der Waals surface area contributed by atoms with E-state index in [0.29, 0.717) is 17.8 Å². The van der Waals surface area contributed by atoms with Crippen molar-refractivity contribution in [2.75, 3.05) is 17.2 Å². The Morgan fingerprint density at radius 1 is 1.24 bits per heavy atom. The number of anilines is 2. The second kappa shape index (κ2) is 7.05.